The number of benzene rings is 2. The van der Waals surface area contributed by atoms with Gasteiger partial charge in [-0.1, -0.05) is 12.1 Å². The van der Waals surface area contributed by atoms with Gasteiger partial charge in [-0.2, -0.15) is 0 Å². The van der Waals surface area contributed by atoms with E-state index in [-0.39, 0.29) is 0 Å². The summed E-state index contributed by atoms with van der Waals surface area (Å²) in [6, 6.07) is 13.5. The van der Waals surface area contributed by atoms with Crippen molar-refractivity contribution in [1.82, 2.24) is 0 Å². The molecule has 0 fully saturated rings. The Balaban J connectivity index is 2.20. The third kappa shape index (κ3) is 3.36. The van der Waals surface area contributed by atoms with Crippen LogP contribution < -0.4 is 10.5 Å². The second kappa shape index (κ2) is 6.06. The van der Waals surface area contributed by atoms with Crippen molar-refractivity contribution < 1.29 is 9.47 Å². The zero-order chi connectivity index (χ0) is 13.0. The lowest BCUT2D eigenvalue weighted by molar-refractivity contribution is 0.184. The van der Waals surface area contributed by atoms with Gasteiger partial charge in [-0.15, -0.1) is 0 Å². The van der Waals surface area contributed by atoms with Crippen LogP contribution in [-0.4, -0.2) is 7.11 Å². The lowest BCUT2D eigenvalue weighted by atomic mass is 10.2. The van der Waals surface area contributed by atoms with Gasteiger partial charge in [0, 0.05) is 10.7 Å². The first-order valence-corrected chi connectivity index (χ1v) is 6.57. The number of hydrogen-bond acceptors (Lipinski definition) is 3. The van der Waals surface area contributed by atoms with Gasteiger partial charge >= 0.3 is 0 Å². The molecule has 0 aliphatic heterocycles. The molecule has 2 N–H and O–H groups in total. The first kappa shape index (κ1) is 13.2. The second-order valence-corrected chi connectivity index (χ2v) is 5.11. The Hall–Kier alpha value is -1.27. The molecule has 2 rings (SSSR count). The molecule has 0 amide bonds. The standard InChI is InChI=1S/C14H14INO2/c1-17-9-10-3-2-4-12(7-10)18-14-6-5-11(15)8-13(14)16/h2-8H,9,16H2,1H3. The van der Waals surface area contributed by atoms with E-state index in [2.05, 4.69) is 22.6 Å². The molecule has 3 nitrogen and oxygen atoms in total. The van der Waals surface area contributed by atoms with E-state index in [0.29, 0.717) is 18.0 Å². The fraction of sp³-hybridized carbons (Fsp3) is 0.143. The van der Waals surface area contributed by atoms with Crippen molar-refractivity contribution in [3.63, 3.8) is 0 Å². The fourth-order valence-corrected chi connectivity index (χ4v) is 2.12. The van der Waals surface area contributed by atoms with Crippen LogP contribution >= 0.6 is 22.6 Å². The first-order chi connectivity index (χ1) is 8.69. The van der Waals surface area contributed by atoms with Crippen molar-refractivity contribution in [2.75, 3.05) is 12.8 Å². The summed E-state index contributed by atoms with van der Waals surface area (Å²) in [4.78, 5) is 0. The van der Waals surface area contributed by atoms with E-state index < -0.39 is 0 Å². The molecule has 0 radical (unpaired) electrons. The number of methoxy groups -OCH3 is 1. The van der Waals surface area contributed by atoms with E-state index in [1.54, 1.807) is 7.11 Å². The summed E-state index contributed by atoms with van der Waals surface area (Å²) in [5, 5.41) is 0. The highest BCUT2D eigenvalue weighted by atomic mass is 127. The smallest absolute Gasteiger partial charge is 0.150 e. The second-order valence-electron chi connectivity index (χ2n) is 3.86. The van der Waals surface area contributed by atoms with Crippen LogP contribution in [0.1, 0.15) is 5.56 Å². The number of hydrogen-bond donors (Lipinski definition) is 1. The summed E-state index contributed by atoms with van der Waals surface area (Å²) in [5.41, 5.74) is 7.62. The topological polar surface area (TPSA) is 44.5 Å². The molecule has 0 aliphatic carbocycles. The third-order valence-corrected chi connectivity index (χ3v) is 3.08. The number of ether oxygens (including phenoxy) is 2. The predicted molar refractivity (Wildman–Crippen MR) is 80.8 cm³/mol. The van der Waals surface area contributed by atoms with Gasteiger partial charge in [-0.3, -0.25) is 0 Å². The lowest BCUT2D eigenvalue weighted by Gasteiger charge is -2.09. The van der Waals surface area contributed by atoms with Crippen LogP contribution in [0.2, 0.25) is 0 Å². The van der Waals surface area contributed by atoms with E-state index in [9.17, 15) is 0 Å². The van der Waals surface area contributed by atoms with Gasteiger partial charge in [-0.05, 0) is 58.5 Å². The Morgan fingerprint density at radius 3 is 2.72 bits per heavy atom. The number of halogens is 1. The van der Waals surface area contributed by atoms with Gasteiger partial charge in [0.15, 0.2) is 0 Å². The van der Waals surface area contributed by atoms with Crippen LogP contribution in [0.3, 0.4) is 0 Å². The molecule has 0 saturated heterocycles. The van der Waals surface area contributed by atoms with Crippen LogP contribution in [0.4, 0.5) is 5.69 Å². The first-order valence-electron chi connectivity index (χ1n) is 5.50. The molecule has 4 heteroatoms. The minimum atomic E-state index is 0.569. The van der Waals surface area contributed by atoms with Gasteiger partial charge < -0.3 is 15.2 Å². The minimum Gasteiger partial charge on any atom is -0.455 e. The van der Waals surface area contributed by atoms with Crippen molar-refractivity contribution in [1.29, 1.82) is 0 Å². The molecular formula is C14H14INO2. The quantitative estimate of drug-likeness (QED) is 0.670. The molecular weight excluding hydrogens is 341 g/mol. The average Bonchev–Trinajstić information content (AvgIpc) is 2.34. The summed E-state index contributed by atoms with van der Waals surface area (Å²) >= 11 is 2.22. The van der Waals surface area contributed by atoms with Crippen molar-refractivity contribution in [3.8, 4) is 11.5 Å². The Morgan fingerprint density at radius 2 is 2.00 bits per heavy atom. The maximum atomic E-state index is 5.91. The largest absolute Gasteiger partial charge is 0.455 e. The van der Waals surface area contributed by atoms with E-state index in [1.807, 2.05) is 42.5 Å². The molecule has 2 aromatic carbocycles. The minimum absolute atomic E-state index is 0.569. The highest BCUT2D eigenvalue weighted by Gasteiger charge is 2.03. The highest BCUT2D eigenvalue weighted by Crippen LogP contribution is 2.29. The van der Waals surface area contributed by atoms with Gasteiger partial charge in [0.2, 0.25) is 0 Å². The van der Waals surface area contributed by atoms with Crippen molar-refractivity contribution in [2.45, 2.75) is 6.61 Å². The van der Waals surface area contributed by atoms with Gasteiger partial charge in [0.25, 0.3) is 0 Å². The summed E-state index contributed by atoms with van der Waals surface area (Å²) in [6.07, 6.45) is 0. The summed E-state index contributed by atoms with van der Waals surface area (Å²) in [6.45, 7) is 0.569. The molecule has 0 bridgehead atoms. The normalized spacial score (nSPS) is 10.3. The molecule has 0 aliphatic rings. The Bertz CT molecular complexity index is 543. The van der Waals surface area contributed by atoms with Crippen molar-refractivity contribution in [2.24, 2.45) is 0 Å². The molecule has 0 saturated carbocycles. The Morgan fingerprint density at radius 1 is 1.17 bits per heavy atom. The van der Waals surface area contributed by atoms with Crippen LogP contribution in [0, 0.1) is 3.57 Å². The van der Waals surface area contributed by atoms with Crippen LogP contribution in [-0.2, 0) is 11.3 Å². The highest BCUT2D eigenvalue weighted by molar-refractivity contribution is 14.1. The molecule has 0 spiro atoms. The Kier molecular flexibility index (Phi) is 4.43. The van der Waals surface area contributed by atoms with Gasteiger partial charge in [0.1, 0.15) is 11.5 Å². The monoisotopic (exact) mass is 355 g/mol. The van der Waals surface area contributed by atoms with Crippen LogP contribution in [0.5, 0.6) is 11.5 Å². The fourth-order valence-electron chi connectivity index (χ4n) is 1.60. The van der Waals surface area contributed by atoms with E-state index in [1.165, 1.54) is 0 Å². The van der Waals surface area contributed by atoms with Gasteiger partial charge in [0.05, 0.1) is 12.3 Å². The van der Waals surface area contributed by atoms with E-state index in [4.69, 9.17) is 15.2 Å². The van der Waals surface area contributed by atoms with Crippen LogP contribution in [0.25, 0.3) is 0 Å². The lowest BCUT2D eigenvalue weighted by Crippen LogP contribution is -1.94. The van der Waals surface area contributed by atoms with E-state index >= 15 is 0 Å². The molecule has 94 valence electrons. The molecule has 0 unspecified atom stereocenters. The SMILES string of the molecule is COCc1cccc(Oc2ccc(I)cc2N)c1. The number of anilines is 1. The molecule has 0 atom stereocenters. The number of nitrogen functional groups attached to an aromatic ring is 1. The molecule has 0 heterocycles. The van der Waals surface area contributed by atoms with Gasteiger partial charge in [-0.25, -0.2) is 0 Å². The maximum Gasteiger partial charge on any atom is 0.150 e. The Labute approximate surface area is 120 Å². The van der Waals surface area contributed by atoms with Crippen molar-refractivity contribution >= 4 is 28.3 Å². The predicted octanol–water partition coefficient (Wildman–Crippen LogP) is 3.81. The zero-order valence-corrected chi connectivity index (χ0v) is 12.2. The van der Waals surface area contributed by atoms with Crippen LogP contribution in [0.15, 0.2) is 42.5 Å². The summed E-state index contributed by atoms with van der Waals surface area (Å²) < 4.78 is 11.9. The summed E-state index contributed by atoms with van der Waals surface area (Å²) in [5.74, 6) is 1.43. The molecule has 18 heavy (non-hydrogen) atoms. The van der Waals surface area contributed by atoms with Crippen molar-refractivity contribution in [3.05, 3.63) is 51.6 Å². The zero-order valence-electron chi connectivity index (χ0n) is 10.0. The molecule has 0 aromatic heterocycles. The maximum absolute atomic E-state index is 5.91. The molecule has 2 aromatic rings. The summed E-state index contributed by atoms with van der Waals surface area (Å²) in [7, 11) is 1.67. The average molecular weight is 355 g/mol. The number of nitrogens with two attached hydrogens (primary N) is 1. The van der Waals surface area contributed by atoms with E-state index in [0.717, 1.165) is 14.9 Å². The number of rotatable bonds is 4. The third-order valence-electron chi connectivity index (χ3n) is 2.41.